The van der Waals surface area contributed by atoms with Gasteiger partial charge in [0.25, 0.3) is 0 Å². The van der Waals surface area contributed by atoms with Gasteiger partial charge in [-0.3, -0.25) is 0 Å². The highest BCUT2D eigenvalue weighted by atomic mass is 32.2. The minimum Gasteiger partial charge on any atom is -0.361 e. The summed E-state index contributed by atoms with van der Waals surface area (Å²) in [6.07, 6.45) is 5.00. The van der Waals surface area contributed by atoms with Gasteiger partial charge in [0.05, 0.1) is 5.75 Å². The van der Waals surface area contributed by atoms with Crippen LogP contribution in [0.1, 0.15) is 36.5 Å². The van der Waals surface area contributed by atoms with E-state index in [0.717, 1.165) is 35.4 Å². The SMILES string of the molecule is CC(c1ccc(F)cc1F)(c1c[nH]c2c(CS(C)(=O)=O)cccc12)C1CC1. The number of H-pyrrole nitrogens is 1. The molecule has 1 atom stereocenters. The minimum atomic E-state index is -3.18. The van der Waals surface area contributed by atoms with E-state index in [0.29, 0.717) is 11.1 Å². The van der Waals surface area contributed by atoms with Gasteiger partial charge in [0.2, 0.25) is 0 Å². The highest BCUT2D eigenvalue weighted by Crippen LogP contribution is 2.53. The molecule has 2 aromatic carbocycles. The molecule has 1 heterocycles. The smallest absolute Gasteiger partial charge is 0.151 e. The van der Waals surface area contributed by atoms with Crippen molar-refractivity contribution in [2.75, 3.05) is 6.26 Å². The van der Waals surface area contributed by atoms with Crippen molar-refractivity contribution in [3.63, 3.8) is 0 Å². The molecular formula is C21H21F2NO2S. The molecule has 1 unspecified atom stereocenters. The van der Waals surface area contributed by atoms with Crippen LogP contribution in [-0.4, -0.2) is 19.7 Å². The van der Waals surface area contributed by atoms with Crippen LogP contribution in [0.3, 0.4) is 0 Å². The van der Waals surface area contributed by atoms with Crippen molar-refractivity contribution >= 4 is 20.7 Å². The molecule has 142 valence electrons. The first-order valence-electron chi connectivity index (χ1n) is 8.93. The number of halogens is 2. The van der Waals surface area contributed by atoms with Gasteiger partial charge in [-0.15, -0.1) is 0 Å². The molecule has 6 heteroatoms. The molecule has 0 spiro atoms. The Balaban J connectivity index is 1.92. The van der Waals surface area contributed by atoms with Gasteiger partial charge in [-0.05, 0) is 41.5 Å². The third-order valence-corrected chi connectivity index (χ3v) is 6.50. The van der Waals surface area contributed by atoms with E-state index in [1.807, 2.05) is 25.3 Å². The molecular weight excluding hydrogens is 368 g/mol. The van der Waals surface area contributed by atoms with Gasteiger partial charge in [-0.25, -0.2) is 17.2 Å². The van der Waals surface area contributed by atoms with E-state index in [1.54, 1.807) is 6.07 Å². The Kier molecular flexibility index (Phi) is 4.14. The largest absolute Gasteiger partial charge is 0.361 e. The molecule has 1 fully saturated rings. The Bertz CT molecular complexity index is 1130. The molecule has 0 saturated heterocycles. The molecule has 0 amide bonds. The van der Waals surface area contributed by atoms with E-state index >= 15 is 0 Å². The lowest BCUT2D eigenvalue weighted by Gasteiger charge is -2.31. The molecule has 4 rings (SSSR count). The molecule has 0 aliphatic heterocycles. The summed E-state index contributed by atoms with van der Waals surface area (Å²) in [5.74, 6) is -0.945. The summed E-state index contributed by atoms with van der Waals surface area (Å²) in [7, 11) is -3.18. The molecule has 0 bridgehead atoms. The van der Waals surface area contributed by atoms with Crippen molar-refractivity contribution in [3.8, 4) is 0 Å². The standard InChI is InChI=1S/C21H21F2NO2S/c1-21(14-6-7-14,17-9-8-15(22)10-19(17)23)18-11-24-20-13(12-27(2,25)26)4-3-5-16(18)20/h3-5,8-11,14,24H,6-7,12H2,1-2H3. The van der Waals surface area contributed by atoms with Crippen molar-refractivity contribution < 1.29 is 17.2 Å². The van der Waals surface area contributed by atoms with Crippen LogP contribution in [-0.2, 0) is 21.0 Å². The normalized spacial score (nSPS) is 17.2. The Morgan fingerprint density at radius 3 is 2.52 bits per heavy atom. The molecule has 27 heavy (non-hydrogen) atoms. The predicted molar refractivity (Wildman–Crippen MR) is 102 cm³/mol. The molecule has 1 aromatic heterocycles. The van der Waals surface area contributed by atoms with E-state index in [2.05, 4.69) is 4.98 Å². The van der Waals surface area contributed by atoms with E-state index < -0.39 is 26.9 Å². The monoisotopic (exact) mass is 389 g/mol. The maximum atomic E-state index is 14.7. The van der Waals surface area contributed by atoms with Gasteiger partial charge in [-0.2, -0.15) is 0 Å². The fraction of sp³-hybridized carbons (Fsp3) is 0.333. The number of aromatic nitrogens is 1. The van der Waals surface area contributed by atoms with E-state index in [9.17, 15) is 17.2 Å². The number of benzene rings is 2. The van der Waals surface area contributed by atoms with Crippen LogP contribution in [0.4, 0.5) is 8.78 Å². The summed E-state index contributed by atoms with van der Waals surface area (Å²) in [5, 5.41) is 0.884. The van der Waals surface area contributed by atoms with Gasteiger partial charge in [0.1, 0.15) is 11.6 Å². The summed E-state index contributed by atoms with van der Waals surface area (Å²) in [4.78, 5) is 3.21. The highest BCUT2D eigenvalue weighted by Gasteiger charge is 2.46. The number of hydrogen-bond donors (Lipinski definition) is 1. The number of sulfone groups is 1. The third-order valence-electron chi connectivity index (χ3n) is 5.66. The molecule has 1 aliphatic rings. The second-order valence-corrected chi connectivity index (χ2v) is 9.85. The number of hydrogen-bond acceptors (Lipinski definition) is 2. The predicted octanol–water partition coefficient (Wildman–Crippen LogP) is 4.71. The molecule has 3 aromatic rings. The maximum absolute atomic E-state index is 14.7. The lowest BCUT2D eigenvalue weighted by Crippen LogP contribution is -2.27. The first-order valence-corrected chi connectivity index (χ1v) is 11.0. The van der Waals surface area contributed by atoms with E-state index in [1.165, 1.54) is 18.4 Å². The van der Waals surface area contributed by atoms with Crippen LogP contribution >= 0.6 is 0 Å². The quantitative estimate of drug-likeness (QED) is 0.687. The fourth-order valence-corrected chi connectivity index (χ4v) is 5.01. The Labute approximate surface area is 157 Å². The zero-order valence-corrected chi connectivity index (χ0v) is 16.0. The highest BCUT2D eigenvalue weighted by molar-refractivity contribution is 7.89. The van der Waals surface area contributed by atoms with Crippen LogP contribution in [0.25, 0.3) is 10.9 Å². The first kappa shape index (κ1) is 18.2. The fourth-order valence-electron chi connectivity index (χ4n) is 4.21. The first-order chi connectivity index (χ1) is 12.7. The summed E-state index contributed by atoms with van der Waals surface area (Å²) >= 11 is 0. The maximum Gasteiger partial charge on any atom is 0.151 e. The number of fused-ring (bicyclic) bond motifs is 1. The molecule has 1 saturated carbocycles. The van der Waals surface area contributed by atoms with Gasteiger partial charge in [0, 0.05) is 34.8 Å². The Morgan fingerprint density at radius 2 is 1.89 bits per heavy atom. The zero-order valence-electron chi connectivity index (χ0n) is 15.2. The van der Waals surface area contributed by atoms with Crippen LogP contribution in [0.15, 0.2) is 42.6 Å². The molecule has 3 nitrogen and oxygen atoms in total. The molecule has 0 radical (unpaired) electrons. The van der Waals surface area contributed by atoms with Gasteiger partial charge in [0.15, 0.2) is 9.84 Å². The molecule has 1 aliphatic carbocycles. The molecule has 1 N–H and O–H groups in total. The average Bonchev–Trinajstić information content (AvgIpc) is 3.33. The number of aromatic amines is 1. The van der Waals surface area contributed by atoms with Crippen LogP contribution in [0, 0.1) is 17.6 Å². The summed E-state index contributed by atoms with van der Waals surface area (Å²) in [5.41, 5.74) is 2.23. The summed E-state index contributed by atoms with van der Waals surface area (Å²) in [6, 6.07) is 9.30. The number of para-hydroxylation sites is 1. The van der Waals surface area contributed by atoms with Crippen molar-refractivity contribution in [2.45, 2.75) is 30.9 Å². The number of nitrogens with one attached hydrogen (secondary N) is 1. The van der Waals surface area contributed by atoms with Crippen LogP contribution < -0.4 is 0 Å². The lowest BCUT2D eigenvalue weighted by molar-refractivity contribution is 0.460. The van der Waals surface area contributed by atoms with E-state index in [-0.39, 0.29) is 11.7 Å². The third kappa shape index (κ3) is 3.16. The van der Waals surface area contributed by atoms with Crippen molar-refractivity contribution in [1.82, 2.24) is 4.98 Å². The van der Waals surface area contributed by atoms with Crippen molar-refractivity contribution in [1.29, 1.82) is 0 Å². The lowest BCUT2D eigenvalue weighted by atomic mass is 9.72. The topological polar surface area (TPSA) is 49.9 Å². The van der Waals surface area contributed by atoms with E-state index in [4.69, 9.17) is 0 Å². The average molecular weight is 389 g/mol. The Hall–Kier alpha value is -2.21. The zero-order chi connectivity index (χ0) is 19.4. The second kappa shape index (κ2) is 6.16. The Morgan fingerprint density at radius 1 is 1.15 bits per heavy atom. The van der Waals surface area contributed by atoms with Gasteiger partial charge >= 0.3 is 0 Å². The van der Waals surface area contributed by atoms with Crippen molar-refractivity contribution in [3.05, 3.63) is 70.9 Å². The van der Waals surface area contributed by atoms with Gasteiger partial charge < -0.3 is 4.98 Å². The minimum absolute atomic E-state index is 0.0602. The second-order valence-electron chi connectivity index (χ2n) is 7.71. The van der Waals surface area contributed by atoms with Gasteiger partial charge in [-0.1, -0.05) is 31.2 Å². The summed E-state index contributed by atoms with van der Waals surface area (Å²) in [6.45, 7) is 1.99. The summed E-state index contributed by atoms with van der Waals surface area (Å²) < 4.78 is 51.7. The van der Waals surface area contributed by atoms with Crippen molar-refractivity contribution in [2.24, 2.45) is 5.92 Å². The van der Waals surface area contributed by atoms with Crippen LogP contribution in [0.2, 0.25) is 0 Å². The van der Waals surface area contributed by atoms with Crippen LogP contribution in [0.5, 0.6) is 0 Å². The number of rotatable bonds is 5.